The summed E-state index contributed by atoms with van der Waals surface area (Å²) in [5.74, 6) is 1.83. The molecule has 4 rings (SSSR count). The van der Waals surface area contributed by atoms with Crippen LogP contribution >= 0.6 is 0 Å². The van der Waals surface area contributed by atoms with Crippen LogP contribution in [0, 0.1) is 0 Å². The molecular formula is C17H10N4O2. The number of hydrazone groups is 1. The Morgan fingerprint density at radius 1 is 1.04 bits per heavy atom. The summed E-state index contributed by atoms with van der Waals surface area (Å²) in [6.45, 7) is 0. The molecule has 6 heteroatoms. The van der Waals surface area contributed by atoms with Crippen molar-refractivity contribution < 1.29 is 9.59 Å². The Bertz CT molecular complexity index is 989. The number of benzene rings is 1. The van der Waals surface area contributed by atoms with Crippen molar-refractivity contribution in [1.29, 1.82) is 0 Å². The van der Waals surface area contributed by atoms with Gasteiger partial charge in [0.2, 0.25) is 11.6 Å². The molecule has 0 spiro atoms. The highest BCUT2D eigenvalue weighted by atomic mass is 16.2. The molecule has 0 bridgehead atoms. The second kappa shape index (κ2) is 5.05. The number of Topliss-reactive ketones (excluding diaryl/α,β-unsaturated/α-hetero) is 2. The van der Waals surface area contributed by atoms with Crippen molar-refractivity contribution in [3.05, 3.63) is 65.5 Å². The van der Waals surface area contributed by atoms with Gasteiger partial charge in [-0.2, -0.15) is 0 Å². The molecule has 23 heavy (non-hydrogen) atoms. The van der Waals surface area contributed by atoms with E-state index in [0.29, 0.717) is 16.8 Å². The van der Waals surface area contributed by atoms with Crippen molar-refractivity contribution in [2.75, 3.05) is 5.43 Å². The van der Waals surface area contributed by atoms with Gasteiger partial charge in [0.25, 0.3) is 0 Å². The van der Waals surface area contributed by atoms with Gasteiger partial charge in [-0.05, 0) is 12.1 Å². The van der Waals surface area contributed by atoms with Gasteiger partial charge in [-0.25, -0.2) is 4.98 Å². The van der Waals surface area contributed by atoms with E-state index in [-0.39, 0.29) is 17.1 Å². The molecule has 1 aliphatic carbocycles. The minimum Gasteiger partial charge on any atom is -0.344 e. The zero-order chi connectivity index (χ0) is 15.8. The minimum absolute atomic E-state index is 0.0586. The van der Waals surface area contributed by atoms with Crippen molar-refractivity contribution in [2.24, 2.45) is 5.10 Å². The summed E-state index contributed by atoms with van der Waals surface area (Å²) in [4.78, 5) is 31.5. The van der Waals surface area contributed by atoms with Crippen LogP contribution in [-0.4, -0.2) is 27.4 Å². The first-order chi connectivity index (χ1) is 11.3. The summed E-state index contributed by atoms with van der Waals surface area (Å²) in [6, 6.07) is 10.4. The van der Waals surface area contributed by atoms with E-state index in [1.807, 2.05) is 12.1 Å². The average molecular weight is 302 g/mol. The summed E-state index contributed by atoms with van der Waals surface area (Å²) in [5.41, 5.74) is 4.92. The zero-order valence-electron chi connectivity index (χ0n) is 11.8. The molecule has 6 nitrogen and oxygen atoms in total. The van der Waals surface area contributed by atoms with Crippen LogP contribution in [0.5, 0.6) is 0 Å². The normalized spacial score (nSPS) is 13.1. The lowest BCUT2D eigenvalue weighted by Gasteiger charge is -1.94. The van der Waals surface area contributed by atoms with Gasteiger partial charge in [-0.15, -0.1) is 5.10 Å². The van der Waals surface area contributed by atoms with Gasteiger partial charge in [0.1, 0.15) is 11.2 Å². The summed E-state index contributed by atoms with van der Waals surface area (Å²) in [7, 11) is 0. The van der Waals surface area contributed by atoms with Gasteiger partial charge in [0, 0.05) is 34.8 Å². The van der Waals surface area contributed by atoms with Gasteiger partial charge in [-0.1, -0.05) is 24.3 Å². The number of fused-ring (bicyclic) bond motifs is 2. The fraction of sp³-hybridized carbons (Fsp3) is 0. The van der Waals surface area contributed by atoms with E-state index >= 15 is 0 Å². The predicted molar refractivity (Wildman–Crippen MR) is 85.8 cm³/mol. The van der Waals surface area contributed by atoms with E-state index in [0.717, 1.165) is 11.0 Å². The van der Waals surface area contributed by atoms with Crippen molar-refractivity contribution >= 4 is 34.2 Å². The number of H-pyrrole nitrogens is 1. The molecular weight excluding hydrogens is 292 g/mol. The smallest absolute Gasteiger partial charge is 0.207 e. The van der Waals surface area contributed by atoms with Gasteiger partial charge in [-0.3, -0.25) is 15.0 Å². The number of ketones is 2. The monoisotopic (exact) mass is 302 g/mol. The molecule has 0 aliphatic heterocycles. The quantitative estimate of drug-likeness (QED) is 0.329. The van der Waals surface area contributed by atoms with E-state index < -0.39 is 0 Å². The summed E-state index contributed by atoms with van der Waals surface area (Å²) in [6.07, 6.45) is 3.39. The zero-order valence-corrected chi connectivity index (χ0v) is 11.8. The van der Waals surface area contributed by atoms with Gasteiger partial charge in [0.15, 0.2) is 0 Å². The van der Waals surface area contributed by atoms with Crippen LogP contribution in [0.3, 0.4) is 0 Å². The third-order valence-corrected chi connectivity index (χ3v) is 3.67. The third-order valence-electron chi connectivity index (χ3n) is 3.67. The molecule has 1 aromatic carbocycles. The molecule has 0 fully saturated rings. The number of hydrogen-bond acceptors (Lipinski definition) is 5. The second-order valence-electron chi connectivity index (χ2n) is 5.02. The standard InChI is InChI=1S/C17H10N4O2/c22-15-10-4-1-2-5-11(10)16(23)13(15)8-20-21-14-9-19-17-12(14)6-3-7-18-17/h1-7,9,21H,(H,18,19). The van der Waals surface area contributed by atoms with Gasteiger partial charge in [0.05, 0.1) is 5.69 Å². The Balaban J connectivity index is 1.68. The molecule has 2 aromatic heterocycles. The van der Waals surface area contributed by atoms with Crippen LogP contribution in [-0.2, 0) is 0 Å². The number of nitrogens with zero attached hydrogens (tertiary/aromatic N) is 2. The average Bonchev–Trinajstić information content (AvgIpc) is 3.10. The summed E-state index contributed by atoms with van der Waals surface area (Å²) in [5, 5.41) is 4.76. The number of anilines is 1. The van der Waals surface area contributed by atoms with E-state index in [9.17, 15) is 9.59 Å². The Kier molecular flexibility index (Phi) is 2.89. The topological polar surface area (TPSA) is 87.2 Å². The van der Waals surface area contributed by atoms with Gasteiger partial charge >= 0.3 is 0 Å². The van der Waals surface area contributed by atoms with Crippen LogP contribution < -0.4 is 5.43 Å². The molecule has 0 unspecified atom stereocenters. The third kappa shape index (κ3) is 2.06. The van der Waals surface area contributed by atoms with Crippen molar-refractivity contribution in [3.8, 4) is 0 Å². The Labute approximate surface area is 130 Å². The van der Waals surface area contributed by atoms with Crippen LogP contribution in [0.25, 0.3) is 11.0 Å². The number of carbonyl (C=O) groups is 2. The number of hydrogen-bond donors (Lipinski definition) is 2. The lowest BCUT2D eigenvalue weighted by atomic mass is 10.1. The first-order valence-electron chi connectivity index (χ1n) is 6.95. The van der Waals surface area contributed by atoms with E-state index in [2.05, 4.69) is 26.4 Å². The molecule has 0 saturated heterocycles. The van der Waals surface area contributed by atoms with Crippen molar-refractivity contribution in [3.63, 3.8) is 0 Å². The Morgan fingerprint density at radius 3 is 2.52 bits per heavy atom. The Hall–Kier alpha value is -3.50. The SMILES string of the molecule is O=C1C(=C=NNc2c[nH]c3ncccc23)C(=O)c2ccccc21. The van der Waals surface area contributed by atoms with Crippen LogP contribution in [0.4, 0.5) is 5.69 Å². The molecule has 110 valence electrons. The van der Waals surface area contributed by atoms with Crippen LogP contribution in [0.2, 0.25) is 0 Å². The lowest BCUT2D eigenvalue weighted by molar-refractivity contribution is 0.0992. The number of rotatable bonds is 2. The van der Waals surface area contributed by atoms with Crippen LogP contribution in [0.1, 0.15) is 20.7 Å². The largest absolute Gasteiger partial charge is 0.344 e. The van der Waals surface area contributed by atoms with E-state index in [1.54, 1.807) is 36.7 Å². The molecule has 1 aliphatic rings. The second-order valence-corrected chi connectivity index (χ2v) is 5.02. The predicted octanol–water partition coefficient (Wildman–Crippen LogP) is 2.57. The van der Waals surface area contributed by atoms with E-state index in [4.69, 9.17) is 0 Å². The number of allylic oxidation sites excluding steroid dienone is 1. The first-order valence-corrected chi connectivity index (χ1v) is 6.95. The number of pyridine rings is 1. The number of carbonyl (C=O) groups excluding carboxylic acids is 2. The van der Waals surface area contributed by atoms with E-state index in [1.165, 1.54) is 0 Å². The van der Waals surface area contributed by atoms with Crippen LogP contribution in [0.15, 0.2) is 59.5 Å². The maximum Gasteiger partial charge on any atom is 0.207 e. The molecule has 2 N–H and O–H groups in total. The highest BCUT2D eigenvalue weighted by molar-refractivity contribution is 6.43. The number of nitrogens with one attached hydrogen (secondary N) is 2. The molecule has 0 amide bonds. The fourth-order valence-corrected chi connectivity index (χ4v) is 2.55. The highest BCUT2D eigenvalue weighted by Crippen LogP contribution is 2.24. The molecule has 3 aromatic rings. The number of aromatic amines is 1. The Morgan fingerprint density at radius 2 is 1.78 bits per heavy atom. The summed E-state index contributed by atoms with van der Waals surface area (Å²) < 4.78 is 0. The molecule has 0 atom stereocenters. The first kappa shape index (κ1) is 13.2. The maximum atomic E-state index is 12.2. The highest BCUT2D eigenvalue weighted by Gasteiger charge is 2.33. The van der Waals surface area contributed by atoms with Gasteiger partial charge < -0.3 is 4.98 Å². The van der Waals surface area contributed by atoms with Crippen molar-refractivity contribution in [2.45, 2.75) is 0 Å². The lowest BCUT2D eigenvalue weighted by Crippen LogP contribution is -2.01. The fourth-order valence-electron chi connectivity index (χ4n) is 2.55. The molecule has 2 heterocycles. The minimum atomic E-state index is -0.350. The molecule has 0 radical (unpaired) electrons. The van der Waals surface area contributed by atoms with Crippen molar-refractivity contribution in [1.82, 2.24) is 9.97 Å². The number of aromatic nitrogens is 2. The molecule has 0 saturated carbocycles. The summed E-state index contributed by atoms with van der Waals surface area (Å²) >= 11 is 0. The maximum absolute atomic E-state index is 12.2.